The second-order valence-electron chi connectivity index (χ2n) is 3.99. The highest BCUT2D eigenvalue weighted by Gasteiger charge is 2.35. The van der Waals surface area contributed by atoms with E-state index in [0.29, 0.717) is 16.6 Å². The van der Waals surface area contributed by atoms with Crippen molar-refractivity contribution in [2.45, 2.75) is 19.0 Å². The topological polar surface area (TPSA) is 96.5 Å². The van der Waals surface area contributed by atoms with Crippen molar-refractivity contribution >= 4 is 35.0 Å². The second kappa shape index (κ2) is 5.25. The molecular weight excluding hydrogens is 274 g/mol. The van der Waals surface area contributed by atoms with Crippen molar-refractivity contribution in [2.75, 3.05) is 11.6 Å². The Balaban J connectivity index is 2.17. The van der Waals surface area contributed by atoms with E-state index in [0.717, 1.165) is 0 Å². The van der Waals surface area contributed by atoms with Gasteiger partial charge in [-0.2, -0.15) is 0 Å². The summed E-state index contributed by atoms with van der Waals surface area (Å²) in [6.07, 6.45) is 0. The molecule has 0 radical (unpaired) electrons. The molecule has 0 saturated carbocycles. The lowest BCUT2D eigenvalue weighted by molar-refractivity contribution is -0.140. The number of amides is 1. The van der Waals surface area contributed by atoms with E-state index in [-0.39, 0.29) is 17.6 Å². The smallest absolute Gasteiger partial charge is 0.327 e. The van der Waals surface area contributed by atoms with E-state index in [1.165, 1.54) is 28.0 Å². The van der Waals surface area contributed by atoms with Crippen LogP contribution in [-0.2, 0) is 4.79 Å². The molecule has 1 aliphatic rings. The third-order valence-electron chi connectivity index (χ3n) is 2.56. The van der Waals surface area contributed by atoms with Gasteiger partial charge in [0.15, 0.2) is 0 Å². The molecule has 1 aliphatic heterocycles. The van der Waals surface area contributed by atoms with Crippen molar-refractivity contribution in [3.05, 3.63) is 16.1 Å². The van der Waals surface area contributed by atoms with Crippen LogP contribution in [0.1, 0.15) is 28.5 Å². The molecule has 2 heterocycles. The fourth-order valence-electron chi connectivity index (χ4n) is 1.59. The Kier molecular flexibility index (Phi) is 3.88. The van der Waals surface area contributed by atoms with Gasteiger partial charge < -0.3 is 15.7 Å². The largest absolute Gasteiger partial charge is 0.480 e. The minimum atomic E-state index is -0.976. The standard InChI is InChI=1S/C10H13N3O3S2/c1-5(11)8-12-6(2-18-8)9(14)13-4-17-3-7(13)10(15)16/h2,5,7H,3-4,11H2,1H3,(H,15,16). The van der Waals surface area contributed by atoms with Gasteiger partial charge in [-0.3, -0.25) is 4.79 Å². The van der Waals surface area contributed by atoms with E-state index in [1.807, 2.05) is 0 Å². The van der Waals surface area contributed by atoms with Gasteiger partial charge in [0.25, 0.3) is 5.91 Å². The number of carboxylic acids is 1. The van der Waals surface area contributed by atoms with Crippen molar-refractivity contribution in [2.24, 2.45) is 5.73 Å². The van der Waals surface area contributed by atoms with E-state index in [2.05, 4.69) is 4.98 Å². The van der Waals surface area contributed by atoms with Crippen LogP contribution in [0.15, 0.2) is 5.38 Å². The van der Waals surface area contributed by atoms with Crippen LogP contribution >= 0.6 is 23.1 Å². The molecule has 0 aromatic carbocycles. The lowest BCUT2D eigenvalue weighted by Crippen LogP contribution is -2.41. The Morgan fingerprint density at radius 1 is 1.67 bits per heavy atom. The number of aromatic nitrogens is 1. The molecule has 2 atom stereocenters. The zero-order valence-electron chi connectivity index (χ0n) is 9.70. The zero-order valence-corrected chi connectivity index (χ0v) is 11.3. The number of aliphatic carboxylic acids is 1. The highest BCUT2D eigenvalue weighted by Crippen LogP contribution is 2.24. The van der Waals surface area contributed by atoms with Crippen LogP contribution in [-0.4, -0.2) is 44.5 Å². The quantitative estimate of drug-likeness (QED) is 0.852. The number of carbonyl (C=O) groups excluding carboxylic acids is 1. The SMILES string of the molecule is CC(N)c1nc(C(=O)N2CSCC2C(=O)O)cs1. The molecule has 0 spiro atoms. The minimum Gasteiger partial charge on any atom is -0.480 e. The molecule has 1 saturated heterocycles. The van der Waals surface area contributed by atoms with Crippen molar-refractivity contribution < 1.29 is 14.7 Å². The second-order valence-corrected chi connectivity index (χ2v) is 5.88. The molecule has 8 heteroatoms. The van der Waals surface area contributed by atoms with Gasteiger partial charge in [-0.1, -0.05) is 0 Å². The molecule has 2 rings (SSSR count). The van der Waals surface area contributed by atoms with Gasteiger partial charge in [0.05, 0.1) is 11.9 Å². The first-order chi connectivity index (χ1) is 8.50. The Labute approximate surface area is 112 Å². The summed E-state index contributed by atoms with van der Waals surface area (Å²) in [6, 6.07) is -0.984. The fourth-order valence-corrected chi connectivity index (χ4v) is 3.49. The average Bonchev–Trinajstić information content (AvgIpc) is 2.97. The first-order valence-electron chi connectivity index (χ1n) is 5.33. The number of rotatable bonds is 3. The van der Waals surface area contributed by atoms with Gasteiger partial charge in [0.1, 0.15) is 16.7 Å². The molecule has 6 nitrogen and oxygen atoms in total. The third kappa shape index (κ3) is 2.50. The number of nitrogens with two attached hydrogens (primary N) is 1. The normalized spacial score (nSPS) is 21.0. The number of hydrogen-bond acceptors (Lipinski definition) is 6. The third-order valence-corrected chi connectivity index (χ3v) is 4.62. The molecular formula is C10H13N3O3S2. The van der Waals surface area contributed by atoms with Crippen LogP contribution in [0.2, 0.25) is 0 Å². The monoisotopic (exact) mass is 287 g/mol. The minimum absolute atomic E-state index is 0.222. The molecule has 2 unspecified atom stereocenters. The molecule has 3 N–H and O–H groups in total. The Bertz CT molecular complexity index is 475. The number of hydrogen-bond donors (Lipinski definition) is 2. The molecule has 1 fully saturated rings. The summed E-state index contributed by atoms with van der Waals surface area (Å²) in [5.74, 6) is -0.502. The summed E-state index contributed by atoms with van der Waals surface area (Å²) >= 11 is 2.75. The van der Waals surface area contributed by atoms with Gasteiger partial charge >= 0.3 is 5.97 Å². The maximum atomic E-state index is 12.2. The van der Waals surface area contributed by atoms with Crippen LogP contribution in [0.3, 0.4) is 0 Å². The number of carbonyl (C=O) groups is 2. The van der Waals surface area contributed by atoms with E-state index >= 15 is 0 Å². The fraction of sp³-hybridized carbons (Fsp3) is 0.500. The molecule has 18 heavy (non-hydrogen) atoms. The van der Waals surface area contributed by atoms with Crippen molar-refractivity contribution in [1.82, 2.24) is 9.88 Å². The highest BCUT2D eigenvalue weighted by molar-refractivity contribution is 7.99. The number of carboxylic acid groups (broad SMARTS) is 1. The summed E-state index contributed by atoms with van der Waals surface area (Å²) < 4.78 is 0. The molecule has 98 valence electrons. The molecule has 1 aromatic heterocycles. The summed E-state index contributed by atoms with van der Waals surface area (Å²) in [5, 5.41) is 11.3. The lowest BCUT2D eigenvalue weighted by atomic mass is 10.3. The molecule has 0 bridgehead atoms. The Morgan fingerprint density at radius 3 is 2.94 bits per heavy atom. The molecule has 0 aliphatic carbocycles. The first-order valence-corrected chi connectivity index (χ1v) is 7.36. The van der Waals surface area contributed by atoms with Crippen molar-refractivity contribution in [3.8, 4) is 0 Å². The predicted octanol–water partition coefficient (Wildman–Crippen LogP) is 0.763. The van der Waals surface area contributed by atoms with Crippen LogP contribution < -0.4 is 5.73 Å². The van der Waals surface area contributed by atoms with E-state index < -0.39 is 12.0 Å². The lowest BCUT2D eigenvalue weighted by Gasteiger charge is -2.19. The van der Waals surface area contributed by atoms with Gasteiger partial charge in [0, 0.05) is 11.1 Å². The van der Waals surface area contributed by atoms with Crippen LogP contribution in [0.5, 0.6) is 0 Å². The summed E-state index contributed by atoms with van der Waals surface area (Å²) in [4.78, 5) is 28.7. The molecule has 1 amide bonds. The van der Waals surface area contributed by atoms with Crippen molar-refractivity contribution in [3.63, 3.8) is 0 Å². The highest BCUT2D eigenvalue weighted by atomic mass is 32.2. The predicted molar refractivity (Wildman–Crippen MR) is 69.6 cm³/mol. The Hall–Kier alpha value is -1.12. The van der Waals surface area contributed by atoms with Gasteiger partial charge in [-0.25, -0.2) is 9.78 Å². The maximum absolute atomic E-state index is 12.2. The van der Waals surface area contributed by atoms with E-state index in [9.17, 15) is 9.59 Å². The number of thiazole rings is 1. The summed E-state index contributed by atoms with van der Waals surface area (Å²) in [7, 11) is 0. The van der Waals surface area contributed by atoms with Crippen LogP contribution in [0, 0.1) is 0 Å². The maximum Gasteiger partial charge on any atom is 0.327 e. The number of thioether (sulfide) groups is 1. The van der Waals surface area contributed by atoms with Gasteiger partial charge in [-0.15, -0.1) is 23.1 Å². The van der Waals surface area contributed by atoms with E-state index in [1.54, 1.807) is 12.3 Å². The first kappa shape index (κ1) is 13.3. The van der Waals surface area contributed by atoms with E-state index in [4.69, 9.17) is 10.8 Å². The summed E-state index contributed by atoms with van der Waals surface area (Å²) in [6.45, 7) is 1.79. The number of nitrogens with zero attached hydrogens (tertiary/aromatic N) is 2. The van der Waals surface area contributed by atoms with Crippen LogP contribution in [0.4, 0.5) is 0 Å². The van der Waals surface area contributed by atoms with Gasteiger partial charge in [-0.05, 0) is 6.92 Å². The van der Waals surface area contributed by atoms with Crippen LogP contribution in [0.25, 0.3) is 0 Å². The Morgan fingerprint density at radius 2 is 2.39 bits per heavy atom. The summed E-state index contributed by atoms with van der Waals surface area (Å²) in [5.41, 5.74) is 5.96. The van der Waals surface area contributed by atoms with Crippen molar-refractivity contribution in [1.29, 1.82) is 0 Å². The molecule has 1 aromatic rings. The average molecular weight is 287 g/mol. The van der Waals surface area contributed by atoms with Gasteiger partial charge in [0.2, 0.25) is 0 Å². The zero-order chi connectivity index (χ0) is 13.3.